The molecule has 9 heteroatoms. The van der Waals surface area contributed by atoms with Crippen molar-refractivity contribution in [2.75, 3.05) is 23.7 Å². The lowest BCUT2D eigenvalue weighted by molar-refractivity contribution is 0.380. The van der Waals surface area contributed by atoms with Crippen LogP contribution in [-0.2, 0) is 6.42 Å². The third kappa shape index (κ3) is 2.51. The molecule has 0 aromatic carbocycles. The number of hydrogen-bond donors (Lipinski definition) is 3. The molecule has 0 fully saturated rings. The monoisotopic (exact) mass is 274 g/mol. The maximum atomic E-state index is 4.94. The van der Waals surface area contributed by atoms with Gasteiger partial charge in [-0.15, -0.1) is 0 Å². The number of rotatable bonds is 6. The first-order valence-electron chi connectivity index (χ1n) is 6.31. The van der Waals surface area contributed by atoms with E-state index in [1.807, 2.05) is 6.92 Å². The van der Waals surface area contributed by atoms with Gasteiger partial charge in [0.2, 0.25) is 11.8 Å². The minimum Gasteiger partial charge on any atom is -0.369 e. The number of hydrogen-bond acceptors (Lipinski definition) is 8. The molecule has 0 amide bonds. The summed E-state index contributed by atoms with van der Waals surface area (Å²) in [5.74, 6) is 1.87. The molecule has 0 radical (unpaired) electrons. The minimum absolute atomic E-state index is 0.560. The molecular formula is C11H14N8O. The molecule has 0 aliphatic heterocycles. The lowest BCUT2D eigenvalue weighted by Crippen LogP contribution is -2.09. The van der Waals surface area contributed by atoms with E-state index in [-0.39, 0.29) is 0 Å². The third-order valence-corrected chi connectivity index (χ3v) is 2.68. The van der Waals surface area contributed by atoms with E-state index in [4.69, 9.17) is 4.52 Å². The van der Waals surface area contributed by atoms with Crippen LogP contribution in [0.4, 0.5) is 11.8 Å². The van der Waals surface area contributed by atoms with Crippen molar-refractivity contribution >= 4 is 22.8 Å². The highest BCUT2D eigenvalue weighted by atomic mass is 16.5. The first-order chi connectivity index (χ1) is 9.86. The van der Waals surface area contributed by atoms with Crippen LogP contribution in [0.3, 0.4) is 0 Å². The number of H-pyrrole nitrogens is 1. The van der Waals surface area contributed by atoms with Crippen LogP contribution in [0.1, 0.15) is 12.8 Å². The van der Waals surface area contributed by atoms with E-state index in [1.165, 1.54) is 6.33 Å². The fourth-order valence-corrected chi connectivity index (χ4v) is 1.80. The van der Waals surface area contributed by atoms with Gasteiger partial charge in [-0.1, -0.05) is 5.16 Å². The predicted molar refractivity (Wildman–Crippen MR) is 72.3 cm³/mol. The number of fused-ring (bicyclic) bond motifs is 1. The van der Waals surface area contributed by atoms with Gasteiger partial charge >= 0.3 is 0 Å². The number of nitrogens with zero attached hydrogens (tertiary/aromatic N) is 5. The maximum Gasteiger partial charge on any atom is 0.228 e. The summed E-state index contributed by atoms with van der Waals surface area (Å²) in [6.07, 6.45) is 3.71. The molecule has 0 aliphatic carbocycles. The summed E-state index contributed by atoms with van der Waals surface area (Å²) in [6.45, 7) is 3.37. The van der Waals surface area contributed by atoms with Gasteiger partial charge in [0.1, 0.15) is 5.82 Å². The zero-order valence-corrected chi connectivity index (χ0v) is 10.9. The van der Waals surface area contributed by atoms with Crippen molar-refractivity contribution in [1.29, 1.82) is 0 Å². The predicted octanol–water partition coefficient (Wildman–Crippen LogP) is 0.822. The average Bonchev–Trinajstić information content (AvgIpc) is 3.09. The Bertz CT molecular complexity index is 677. The standard InChI is InChI=1S/C11H14N8O/c1-2-12-11-17-9(7-5-15-19-10(7)18-11)13-4-3-8-14-6-16-20-8/h5-6H,2-4H2,1H3,(H3,12,13,15,17,18,19). The Balaban J connectivity index is 1.76. The molecule has 9 nitrogen and oxygen atoms in total. The number of anilines is 2. The van der Waals surface area contributed by atoms with Crippen LogP contribution >= 0.6 is 0 Å². The summed E-state index contributed by atoms with van der Waals surface area (Å²) in [4.78, 5) is 12.7. The highest BCUT2D eigenvalue weighted by molar-refractivity contribution is 5.86. The molecule has 104 valence electrons. The largest absolute Gasteiger partial charge is 0.369 e. The molecule has 0 unspecified atom stereocenters. The average molecular weight is 274 g/mol. The third-order valence-electron chi connectivity index (χ3n) is 2.68. The van der Waals surface area contributed by atoms with Gasteiger partial charge < -0.3 is 15.2 Å². The molecule has 3 N–H and O–H groups in total. The number of aromatic nitrogens is 6. The number of aromatic amines is 1. The Morgan fingerprint density at radius 1 is 1.30 bits per heavy atom. The molecule has 0 aliphatic rings. The first-order valence-corrected chi connectivity index (χ1v) is 6.31. The Labute approximate surface area is 114 Å². The Kier molecular flexibility index (Phi) is 3.40. The lowest BCUT2D eigenvalue weighted by atomic mass is 10.3. The topological polar surface area (TPSA) is 117 Å². The van der Waals surface area contributed by atoms with Crippen LogP contribution < -0.4 is 10.6 Å². The summed E-state index contributed by atoms with van der Waals surface area (Å²) in [5, 5.41) is 17.5. The summed E-state index contributed by atoms with van der Waals surface area (Å²) >= 11 is 0. The van der Waals surface area contributed by atoms with E-state index < -0.39 is 0 Å². The van der Waals surface area contributed by atoms with Gasteiger partial charge in [-0.3, -0.25) is 5.10 Å². The van der Waals surface area contributed by atoms with E-state index in [0.29, 0.717) is 30.5 Å². The number of nitrogens with one attached hydrogen (secondary N) is 3. The zero-order valence-electron chi connectivity index (χ0n) is 10.9. The highest BCUT2D eigenvalue weighted by Crippen LogP contribution is 2.19. The van der Waals surface area contributed by atoms with Crippen molar-refractivity contribution in [1.82, 2.24) is 30.3 Å². The molecule has 0 spiro atoms. The second kappa shape index (κ2) is 5.51. The van der Waals surface area contributed by atoms with E-state index in [2.05, 4.69) is 40.9 Å². The Morgan fingerprint density at radius 2 is 2.25 bits per heavy atom. The summed E-state index contributed by atoms with van der Waals surface area (Å²) in [6, 6.07) is 0. The molecule has 0 atom stereocenters. The SMILES string of the molecule is CCNc1nc(NCCc2ncno2)c2cn[nH]c2n1. The summed E-state index contributed by atoms with van der Waals surface area (Å²) < 4.78 is 4.94. The van der Waals surface area contributed by atoms with Crippen LogP contribution in [0, 0.1) is 0 Å². The lowest BCUT2D eigenvalue weighted by Gasteiger charge is -2.07. The van der Waals surface area contributed by atoms with Crippen LogP contribution in [0.25, 0.3) is 11.0 Å². The highest BCUT2D eigenvalue weighted by Gasteiger charge is 2.09. The fraction of sp³-hybridized carbons (Fsp3) is 0.364. The first kappa shape index (κ1) is 12.3. The second-order valence-electron chi connectivity index (χ2n) is 4.07. The van der Waals surface area contributed by atoms with Crippen molar-refractivity contribution < 1.29 is 4.52 Å². The normalized spacial score (nSPS) is 10.8. The smallest absolute Gasteiger partial charge is 0.228 e. The van der Waals surface area contributed by atoms with Crippen LogP contribution in [-0.4, -0.2) is 43.4 Å². The molecule has 0 bridgehead atoms. The molecule has 3 rings (SSSR count). The fourth-order valence-electron chi connectivity index (χ4n) is 1.80. The van der Waals surface area contributed by atoms with Gasteiger partial charge in [0.05, 0.1) is 11.6 Å². The van der Waals surface area contributed by atoms with Crippen LogP contribution in [0.5, 0.6) is 0 Å². The van der Waals surface area contributed by atoms with E-state index in [1.54, 1.807) is 6.20 Å². The zero-order chi connectivity index (χ0) is 13.8. The van der Waals surface area contributed by atoms with Crippen molar-refractivity contribution in [3.8, 4) is 0 Å². The Morgan fingerprint density at radius 3 is 3.05 bits per heavy atom. The van der Waals surface area contributed by atoms with Gasteiger partial charge in [-0.2, -0.15) is 20.1 Å². The van der Waals surface area contributed by atoms with Crippen molar-refractivity contribution in [3.05, 3.63) is 18.4 Å². The molecule has 3 heterocycles. The van der Waals surface area contributed by atoms with Gasteiger partial charge in [0.15, 0.2) is 12.0 Å². The maximum absolute atomic E-state index is 4.94. The van der Waals surface area contributed by atoms with Gasteiger partial charge in [0.25, 0.3) is 0 Å². The molecule has 0 saturated carbocycles. The summed E-state index contributed by atoms with van der Waals surface area (Å²) in [7, 11) is 0. The minimum atomic E-state index is 0.560. The molecule has 3 aromatic heterocycles. The van der Waals surface area contributed by atoms with Gasteiger partial charge in [-0.05, 0) is 6.92 Å². The van der Waals surface area contributed by atoms with Crippen molar-refractivity contribution in [3.63, 3.8) is 0 Å². The second-order valence-corrected chi connectivity index (χ2v) is 4.07. The van der Waals surface area contributed by atoms with Crippen molar-refractivity contribution in [2.45, 2.75) is 13.3 Å². The molecular weight excluding hydrogens is 260 g/mol. The van der Waals surface area contributed by atoms with Crippen molar-refractivity contribution in [2.24, 2.45) is 0 Å². The Hall–Kier alpha value is -2.71. The van der Waals surface area contributed by atoms with E-state index in [9.17, 15) is 0 Å². The van der Waals surface area contributed by atoms with E-state index >= 15 is 0 Å². The van der Waals surface area contributed by atoms with Crippen LogP contribution in [0.15, 0.2) is 17.0 Å². The molecule has 0 saturated heterocycles. The summed E-state index contributed by atoms with van der Waals surface area (Å²) in [5.41, 5.74) is 0.691. The van der Waals surface area contributed by atoms with E-state index in [0.717, 1.165) is 17.7 Å². The van der Waals surface area contributed by atoms with Crippen LogP contribution in [0.2, 0.25) is 0 Å². The van der Waals surface area contributed by atoms with Gasteiger partial charge in [-0.25, -0.2) is 0 Å². The quantitative estimate of drug-likeness (QED) is 0.604. The van der Waals surface area contributed by atoms with Gasteiger partial charge in [0, 0.05) is 19.5 Å². The molecule has 3 aromatic rings. The molecule has 20 heavy (non-hydrogen) atoms.